The van der Waals surface area contributed by atoms with Crippen molar-refractivity contribution in [1.29, 1.82) is 0 Å². The lowest BCUT2D eigenvalue weighted by atomic mass is 10.2. The fourth-order valence-electron chi connectivity index (χ4n) is 2.03. The van der Waals surface area contributed by atoms with Crippen LogP contribution in [-0.2, 0) is 19.4 Å². The van der Waals surface area contributed by atoms with Crippen molar-refractivity contribution in [2.45, 2.75) is 26.3 Å². The fourth-order valence-corrected chi connectivity index (χ4v) is 2.81. The number of thiazole rings is 1. The standard InChI is InChI=1S/C17H24N4S/c1-4-16-20-15(13-22-16)10-11-18-17(21(2)3)19-12-14-8-6-5-7-9-14/h5-9,13H,4,10-12H2,1-3H3,(H,18,19). The summed E-state index contributed by atoms with van der Waals surface area (Å²) in [5, 5.41) is 6.76. The molecule has 0 saturated heterocycles. The number of nitrogens with zero attached hydrogens (tertiary/aromatic N) is 3. The van der Waals surface area contributed by atoms with Gasteiger partial charge in [0.05, 0.1) is 17.2 Å². The van der Waals surface area contributed by atoms with Crippen LogP contribution in [0, 0.1) is 0 Å². The van der Waals surface area contributed by atoms with Gasteiger partial charge in [-0.3, -0.25) is 0 Å². The van der Waals surface area contributed by atoms with Gasteiger partial charge in [0, 0.05) is 32.4 Å². The van der Waals surface area contributed by atoms with Gasteiger partial charge in [-0.2, -0.15) is 0 Å². The molecule has 2 rings (SSSR count). The maximum absolute atomic E-state index is 4.66. The molecule has 4 nitrogen and oxygen atoms in total. The Labute approximate surface area is 136 Å². The van der Waals surface area contributed by atoms with E-state index in [0.717, 1.165) is 31.0 Å². The van der Waals surface area contributed by atoms with Gasteiger partial charge < -0.3 is 10.2 Å². The lowest BCUT2D eigenvalue weighted by molar-refractivity contribution is 0.578. The number of aromatic nitrogens is 1. The first-order valence-corrected chi connectivity index (χ1v) is 8.50. The molecule has 2 aromatic rings. The second-order valence-corrected chi connectivity index (χ2v) is 6.23. The number of nitrogens with one attached hydrogen (secondary N) is 1. The lowest BCUT2D eigenvalue weighted by Gasteiger charge is -2.17. The fraction of sp³-hybridized carbons (Fsp3) is 0.412. The van der Waals surface area contributed by atoms with Crippen molar-refractivity contribution in [3.63, 3.8) is 0 Å². The Morgan fingerprint density at radius 3 is 2.68 bits per heavy atom. The molecule has 0 aliphatic carbocycles. The van der Waals surface area contributed by atoms with E-state index in [1.165, 1.54) is 10.6 Å². The average molecular weight is 316 g/mol. The highest BCUT2D eigenvalue weighted by Crippen LogP contribution is 2.10. The number of hydrogen-bond acceptors (Lipinski definition) is 3. The first-order chi connectivity index (χ1) is 10.7. The number of hydrogen-bond donors (Lipinski definition) is 1. The Morgan fingerprint density at radius 2 is 2.05 bits per heavy atom. The third-order valence-corrected chi connectivity index (χ3v) is 4.29. The van der Waals surface area contributed by atoms with E-state index in [4.69, 9.17) is 0 Å². The van der Waals surface area contributed by atoms with E-state index in [9.17, 15) is 0 Å². The van der Waals surface area contributed by atoms with Crippen molar-refractivity contribution in [3.05, 3.63) is 52.0 Å². The molecule has 0 aliphatic heterocycles. The highest BCUT2D eigenvalue weighted by atomic mass is 32.1. The Morgan fingerprint density at radius 1 is 1.27 bits per heavy atom. The first-order valence-electron chi connectivity index (χ1n) is 7.62. The molecule has 0 atom stereocenters. The lowest BCUT2D eigenvalue weighted by Crippen LogP contribution is -2.37. The van der Waals surface area contributed by atoms with Crippen LogP contribution in [0.25, 0.3) is 0 Å². The number of rotatable bonds is 6. The summed E-state index contributed by atoms with van der Waals surface area (Å²) in [4.78, 5) is 11.3. The molecule has 0 unspecified atom stereocenters. The minimum Gasteiger partial charge on any atom is -0.356 e. The van der Waals surface area contributed by atoms with Gasteiger partial charge in [0.1, 0.15) is 0 Å². The molecule has 0 spiro atoms. The molecule has 1 aromatic carbocycles. The van der Waals surface area contributed by atoms with Crippen LogP contribution in [0.1, 0.15) is 23.2 Å². The Kier molecular flexibility index (Phi) is 6.40. The zero-order valence-corrected chi connectivity index (χ0v) is 14.4. The topological polar surface area (TPSA) is 40.5 Å². The van der Waals surface area contributed by atoms with Gasteiger partial charge in [0.25, 0.3) is 0 Å². The summed E-state index contributed by atoms with van der Waals surface area (Å²) in [6.07, 6.45) is 1.94. The van der Waals surface area contributed by atoms with E-state index < -0.39 is 0 Å². The molecule has 118 valence electrons. The van der Waals surface area contributed by atoms with Gasteiger partial charge in [-0.05, 0) is 12.0 Å². The summed E-state index contributed by atoms with van der Waals surface area (Å²) in [5.74, 6) is 0.912. The summed E-state index contributed by atoms with van der Waals surface area (Å²) in [6.45, 7) is 3.68. The molecule has 22 heavy (non-hydrogen) atoms. The number of guanidine groups is 1. The predicted molar refractivity (Wildman–Crippen MR) is 94.5 cm³/mol. The molecule has 1 aromatic heterocycles. The largest absolute Gasteiger partial charge is 0.356 e. The van der Waals surface area contributed by atoms with Gasteiger partial charge in [0.2, 0.25) is 0 Å². The summed E-state index contributed by atoms with van der Waals surface area (Å²) < 4.78 is 0. The zero-order chi connectivity index (χ0) is 15.8. The molecule has 0 radical (unpaired) electrons. The van der Waals surface area contributed by atoms with E-state index in [2.05, 4.69) is 39.7 Å². The molecule has 1 heterocycles. The number of aliphatic imine (C=N–C) groups is 1. The van der Waals surface area contributed by atoms with Gasteiger partial charge >= 0.3 is 0 Å². The second kappa shape index (κ2) is 8.54. The zero-order valence-electron chi connectivity index (χ0n) is 13.5. The molecular weight excluding hydrogens is 292 g/mol. The van der Waals surface area contributed by atoms with Gasteiger partial charge in [0.15, 0.2) is 5.96 Å². The van der Waals surface area contributed by atoms with E-state index in [-0.39, 0.29) is 0 Å². The van der Waals surface area contributed by atoms with Crippen LogP contribution in [0.3, 0.4) is 0 Å². The van der Waals surface area contributed by atoms with Crippen molar-refractivity contribution < 1.29 is 0 Å². The van der Waals surface area contributed by atoms with E-state index in [0.29, 0.717) is 6.54 Å². The van der Waals surface area contributed by atoms with Crippen LogP contribution >= 0.6 is 11.3 Å². The van der Waals surface area contributed by atoms with Crippen LogP contribution in [0.4, 0.5) is 0 Å². The van der Waals surface area contributed by atoms with Gasteiger partial charge in [-0.25, -0.2) is 9.98 Å². The van der Waals surface area contributed by atoms with Crippen molar-refractivity contribution in [1.82, 2.24) is 15.2 Å². The monoisotopic (exact) mass is 316 g/mol. The normalized spacial score (nSPS) is 11.5. The molecule has 1 N–H and O–H groups in total. The van der Waals surface area contributed by atoms with Crippen molar-refractivity contribution in [2.24, 2.45) is 4.99 Å². The Balaban J connectivity index is 1.86. The Hall–Kier alpha value is -1.88. The maximum Gasteiger partial charge on any atom is 0.193 e. The highest BCUT2D eigenvalue weighted by molar-refractivity contribution is 7.09. The van der Waals surface area contributed by atoms with Crippen molar-refractivity contribution in [2.75, 3.05) is 20.6 Å². The number of benzene rings is 1. The van der Waals surface area contributed by atoms with Gasteiger partial charge in [-0.1, -0.05) is 37.3 Å². The van der Waals surface area contributed by atoms with Crippen LogP contribution < -0.4 is 5.32 Å². The second-order valence-electron chi connectivity index (χ2n) is 5.28. The smallest absolute Gasteiger partial charge is 0.193 e. The average Bonchev–Trinajstić information content (AvgIpc) is 2.99. The summed E-state index contributed by atoms with van der Waals surface area (Å²) >= 11 is 1.74. The van der Waals surface area contributed by atoms with Gasteiger partial charge in [-0.15, -0.1) is 11.3 Å². The van der Waals surface area contributed by atoms with E-state index >= 15 is 0 Å². The minimum atomic E-state index is 0.692. The van der Waals surface area contributed by atoms with Crippen LogP contribution in [0.5, 0.6) is 0 Å². The molecule has 0 aliphatic rings. The minimum absolute atomic E-state index is 0.692. The summed E-state index contributed by atoms with van der Waals surface area (Å²) in [6, 6.07) is 10.3. The molecule has 0 saturated carbocycles. The van der Waals surface area contributed by atoms with Crippen LogP contribution in [0.2, 0.25) is 0 Å². The SMILES string of the molecule is CCc1nc(CCNC(=NCc2ccccc2)N(C)C)cs1. The summed E-state index contributed by atoms with van der Waals surface area (Å²) in [5.41, 5.74) is 2.38. The van der Waals surface area contributed by atoms with E-state index in [1.807, 2.05) is 37.2 Å². The number of aryl methyl sites for hydroxylation is 1. The van der Waals surface area contributed by atoms with Crippen molar-refractivity contribution >= 4 is 17.3 Å². The Bertz CT molecular complexity index is 590. The van der Waals surface area contributed by atoms with Crippen molar-refractivity contribution in [3.8, 4) is 0 Å². The molecule has 0 amide bonds. The predicted octanol–water partition coefficient (Wildman–Crippen LogP) is 2.96. The highest BCUT2D eigenvalue weighted by Gasteiger charge is 2.03. The van der Waals surface area contributed by atoms with Crippen LogP contribution in [0.15, 0.2) is 40.7 Å². The third-order valence-electron chi connectivity index (χ3n) is 3.24. The molecule has 0 fully saturated rings. The molecular formula is C17H24N4S. The van der Waals surface area contributed by atoms with Crippen LogP contribution in [-0.4, -0.2) is 36.5 Å². The maximum atomic E-state index is 4.66. The summed E-state index contributed by atoms with van der Waals surface area (Å²) in [7, 11) is 4.02. The first kappa shape index (κ1) is 16.5. The van der Waals surface area contributed by atoms with E-state index in [1.54, 1.807) is 11.3 Å². The quantitative estimate of drug-likeness (QED) is 0.658. The third kappa shape index (κ3) is 5.15. The molecule has 5 heteroatoms. The molecule has 0 bridgehead atoms.